The van der Waals surface area contributed by atoms with E-state index in [1.165, 1.54) is 5.56 Å². The molecule has 5 nitrogen and oxygen atoms in total. The number of halogens is 2. The van der Waals surface area contributed by atoms with Crippen LogP contribution in [0.4, 0.5) is 0 Å². The van der Waals surface area contributed by atoms with Gasteiger partial charge in [-0.3, -0.25) is 9.69 Å². The molecule has 2 N–H and O–H groups in total. The van der Waals surface area contributed by atoms with Crippen molar-refractivity contribution in [1.82, 2.24) is 14.7 Å². The standard InChI is InChI=1S/C20H32N4O.2ClH/c1-16-7-8-24(19(13-16)14-21)20(25)18-5-3-17(4-6-18)15-23-11-9-22(2)10-12-23;;/h3-6,16,19H,7-15,21H2,1-2H3;2*1H. The van der Waals surface area contributed by atoms with Crippen LogP contribution in [0.25, 0.3) is 0 Å². The third-order valence-electron chi connectivity index (χ3n) is 5.71. The van der Waals surface area contributed by atoms with Gasteiger partial charge in [0.15, 0.2) is 0 Å². The second-order valence-corrected chi connectivity index (χ2v) is 7.79. The molecular weight excluding hydrogens is 383 g/mol. The van der Waals surface area contributed by atoms with Gasteiger partial charge >= 0.3 is 0 Å². The molecule has 2 unspecified atom stereocenters. The smallest absolute Gasteiger partial charge is 0.254 e. The molecule has 0 bridgehead atoms. The quantitative estimate of drug-likeness (QED) is 0.818. The van der Waals surface area contributed by atoms with Crippen molar-refractivity contribution in [2.75, 3.05) is 46.3 Å². The Morgan fingerprint density at radius 2 is 1.70 bits per heavy atom. The largest absolute Gasteiger partial charge is 0.334 e. The minimum Gasteiger partial charge on any atom is -0.334 e. The molecule has 2 aliphatic rings. The lowest BCUT2D eigenvalue weighted by atomic mass is 9.92. The molecular formula is C20H34Cl2N4O. The van der Waals surface area contributed by atoms with E-state index in [-0.39, 0.29) is 36.8 Å². The van der Waals surface area contributed by atoms with Crippen molar-refractivity contribution in [3.05, 3.63) is 35.4 Å². The van der Waals surface area contributed by atoms with Crippen LogP contribution in [0.5, 0.6) is 0 Å². The monoisotopic (exact) mass is 416 g/mol. The van der Waals surface area contributed by atoms with Crippen LogP contribution in [0.3, 0.4) is 0 Å². The van der Waals surface area contributed by atoms with Crippen molar-refractivity contribution in [1.29, 1.82) is 0 Å². The van der Waals surface area contributed by atoms with Crippen molar-refractivity contribution >= 4 is 30.7 Å². The lowest BCUT2D eigenvalue weighted by Crippen LogP contribution is -2.49. The van der Waals surface area contributed by atoms with Gasteiger partial charge in [-0.25, -0.2) is 0 Å². The molecule has 1 aromatic rings. The molecule has 0 aliphatic carbocycles. The number of hydrogen-bond acceptors (Lipinski definition) is 4. The summed E-state index contributed by atoms with van der Waals surface area (Å²) in [5.74, 6) is 0.789. The maximum atomic E-state index is 12.9. The van der Waals surface area contributed by atoms with Gasteiger partial charge in [0.05, 0.1) is 0 Å². The van der Waals surface area contributed by atoms with E-state index in [2.05, 4.69) is 35.9 Å². The second kappa shape index (κ2) is 11.2. The average Bonchev–Trinajstić information content (AvgIpc) is 2.63. The third-order valence-corrected chi connectivity index (χ3v) is 5.71. The third kappa shape index (κ3) is 6.33. The van der Waals surface area contributed by atoms with E-state index in [0.29, 0.717) is 12.5 Å². The van der Waals surface area contributed by atoms with Crippen LogP contribution in [0.1, 0.15) is 35.7 Å². The summed E-state index contributed by atoms with van der Waals surface area (Å²) in [4.78, 5) is 19.7. The predicted octanol–water partition coefficient (Wildman–Crippen LogP) is 2.48. The number of likely N-dealkylation sites (N-methyl/N-ethyl adjacent to an activating group) is 1. The zero-order valence-corrected chi connectivity index (χ0v) is 18.1. The van der Waals surface area contributed by atoms with Crippen LogP contribution in [0.2, 0.25) is 0 Å². The fourth-order valence-electron chi connectivity index (χ4n) is 3.93. The van der Waals surface area contributed by atoms with Crippen LogP contribution in [-0.4, -0.2) is 73.0 Å². The van der Waals surface area contributed by atoms with E-state index in [1.807, 2.05) is 17.0 Å². The number of nitrogens with two attached hydrogens (primary N) is 1. The molecule has 2 heterocycles. The maximum Gasteiger partial charge on any atom is 0.254 e. The topological polar surface area (TPSA) is 52.8 Å². The molecule has 0 aromatic heterocycles. The number of carbonyl (C=O) groups excluding carboxylic acids is 1. The molecule has 154 valence electrons. The molecule has 0 radical (unpaired) electrons. The fraction of sp³-hybridized carbons (Fsp3) is 0.650. The number of hydrogen-bond donors (Lipinski definition) is 1. The molecule has 7 heteroatoms. The van der Waals surface area contributed by atoms with Crippen molar-refractivity contribution in [3.8, 4) is 0 Å². The first-order chi connectivity index (χ1) is 12.1. The van der Waals surface area contributed by atoms with Crippen molar-refractivity contribution in [3.63, 3.8) is 0 Å². The Bertz CT molecular complexity index is 576. The van der Waals surface area contributed by atoms with Crippen molar-refractivity contribution in [2.24, 2.45) is 11.7 Å². The normalized spacial score (nSPS) is 24.0. The van der Waals surface area contributed by atoms with Crippen LogP contribution < -0.4 is 5.73 Å². The summed E-state index contributed by atoms with van der Waals surface area (Å²) in [5, 5.41) is 0. The average molecular weight is 417 g/mol. The number of piperidine rings is 1. The van der Waals surface area contributed by atoms with Gasteiger partial charge in [0.25, 0.3) is 5.91 Å². The van der Waals surface area contributed by atoms with Gasteiger partial charge in [-0.05, 0) is 43.5 Å². The Balaban J connectivity index is 0.00000182. The summed E-state index contributed by atoms with van der Waals surface area (Å²) >= 11 is 0. The SMILES string of the molecule is CC1CCN(C(=O)c2ccc(CN3CCN(C)CC3)cc2)C(CN)C1.Cl.Cl. The van der Waals surface area contributed by atoms with Gasteiger partial charge in [-0.2, -0.15) is 0 Å². The summed E-state index contributed by atoms with van der Waals surface area (Å²) in [6.07, 6.45) is 2.09. The molecule has 1 aromatic carbocycles. The Kier molecular flexibility index (Phi) is 10.1. The molecule has 3 rings (SSSR count). The minimum atomic E-state index is 0. The first-order valence-electron chi connectivity index (χ1n) is 9.57. The molecule has 2 saturated heterocycles. The number of rotatable bonds is 4. The zero-order valence-electron chi connectivity index (χ0n) is 16.5. The lowest BCUT2D eigenvalue weighted by molar-refractivity contribution is 0.0573. The Morgan fingerprint density at radius 1 is 1.07 bits per heavy atom. The molecule has 2 aliphatic heterocycles. The molecule has 0 saturated carbocycles. The van der Waals surface area contributed by atoms with Crippen LogP contribution in [0.15, 0.2) is 24.3 Å². The Hall–Kier alpha value is -0.850. The van der Waals surface area contributed by atoms with E-state index >= 15 is 0 Å². The predicted molar refractivity (Wildman–Crippen MR) is 116 cm³/mol. The molecule has 27 heavy (non-hydrogen) atoms. The van der Waals surface area contributed by atoms with Gasteiger partial charge in [-0.1, -0.05) is 19.1 Å². The highest BCUT2D eigenvalue weighted by atomic mass is 35.5. The van der Waals surface area contributed by atoms with Crippen LogP contribution in [0, 0.1) is 5.92 Å². The molecule has 2 atom stereocenters. The molecule has 0 spiro atoms. The van der Waals surface area contributed by atoms with E-state index in [0.717, 1.165) is 57.7 Å². The lowest BCUT2D eigenvalue weighted by Gasteiger charge is -2.38. The summed E-state index contributed by atoms with van der Waals surface area (Å²) in [7, 11) is 2.17. The summed E-state index contributed by atoms with van der Waals surface area (Å²) in [6, 6.07) is 8.37. The zero-order chi connectivity index (χ0) is 17.8. The van der Waals surface area contributed by atoms with Gasteiger partial charge in [0.2, 0.25) is 0 Å². The van der Waals surface area contributed by atoms with Gasteiger partial charge in [-0.15, -0.1) is 24.8 Å². The van der Waals surface area contributed by atoms with Gasteiger partial charge in [0, 0.05) is 57.4 Å². The number of nitrogens with zero attached hydrogens (tertiary/aromatic N) is 3. The van der Waals surface area contributed by atoms with Crippen LogP contribution >= 0.6 is 24.8 Å². The van der Waals surface area contributed by atoms with Crippen LogP contribution in [-0.2, 0) is 6.54 Å². The number of likely N-dealkylation sites (tertiary alicyclic amines) is 1. The fourth-order valence-corrected chi connectivity index (χ4v) is 3.93. The maximum absolute atomic E-state index is 12.9. The molecule has 2 fully saturated rings. The van der Waals surface area contributed by atoms with E-state index in [1.54, 1.807) is 0 Å². The first-order valence-corrected chi connectivity index (χ1v) is 9.57. The highest BCUT2D eigenvalue weighted by Crippen LogP contribution is 2.24. The Morgan fingerprint density at radius 3 is 2.30 bits per heavy atom. The number of amides is 1. The number of benzene rings is 1. The second-order valence-electron chi connectivity index (χ2n) is 7.79. The Labute approximate surface area is 176 Å². The molecule has 1 amide bonds. The van der Waals surface area contributed by atoms with E-state index in [4.69, 9.17) is 5.73 Å². The van der Waals surface area contributed by atoms with E-state index in [9.17, 15) is 4.79 Å². The van der Waals surface area contributed by atoms with Crippen molar-refractivity contribution in [2.45, 2.75) is 32.4 Å². The highest BCUT2D eigenvalue weighted by molar-refractivity contribution is 5.94. The first kappa shape index (κ1) is 24.2. The van der Waals surface area contributed by atoms with Gasteiger partial charge in [0.1, 0.15) is 0 Å². The van der Waals surface area contributed by atoms with Gasteiger partial charge < -0.3 is 15.5 Å². The number of piperazine rings is 1. The summed E-state index contributed by atoms with van der Waals surface area (Å²) < 4.78 is 0. The summed E-state index contributed by atoms with van der Waals surface area (Å²) in [5.41, 5.74) is 7.98. The van der Waals surface area contributed by atoms with Crippen molar-refractivity contribution < 1.29 is 4.79 Å². The number of carbonyl (C=O) groups is 1. The summed E-state index contributed by atoms with van der Waals surface area (Å²) in [6.45, 7) is 9.08. The highest BCUT2D eigenvalue weighted by Gasteiger charge is 2.29. The minimum absolute atomic E-state index is 0. The van der Waals surface area contributed by atoms with E-state index < -0.39 is 0 Å².